The van der Waals surface area contributed by atoms with Crippen molar-refractivity contribution < 1.29 is 14.3 Å². The molecule has 1 amide bonds. The molecule has 0 aliphatic heterocycles. The van der Waals surface area contributed by atoms with Gasteiger partial charge >= 0.3 is 0 Å². The van der Waals surface area contributed by atoms with Crippen molar-refractivity contribution in [3.8, 4) is 11.5 Å². The Balaban J connectivity index is 2.13. The van der Waals surface area contributed by atoms with Crippen LogP contribution in [-0.2, 0) is 0 Å². The Morgan fingerprint density at radius 3 is 2.77 bits per heavy atom. The molecule has 0 aliphatic carbocycles. The quantitative estimate of drug-likeness (QED) is 0.357. The zero-order valence-electron chi connectivity index (χ0n) is 13.8. The Bertz CT molecular complexity index is 857. The fraction of sp³-hybridized carbons (Fsp3) is 0.111. The molecule has 0 saturated carbocycles. The van der Waals surface area contributed by atoms with E-state index in [4.69, 9.17) is 32.7 Å². The van der Waals surface area contributed by atoms with Crippen molar-refractivity contribution in [2.75, 3.05) is 13.7 Å². The summed E-state index contributed by atoms with van der Waals surface area (Å²) in [6, 6.07) is 8.11. The van der Waals surface area contributed by atoms with Gasteiger partial charge in [-0.1, -0.05) is 35.9 Å². The zero-order chi connectivity index (χ0) is 19.1. The summed E-state index contributed by atoms with van der Waals surface area (Å²) in [6.45, 7) is 3.96. The van der Waals surface area contributed by atoms with Gasteiger partial charge in [0, 0.05) is 5.02 Å². The van der Waals surface area contributed by atoms with Gasteiger partial charge in [-0.15, -0.1) is 0 Å². The third-order valence-corrected chi connectivity index (χ3v) is 4.29. The van der Waals surface area contributed by atoms with Gasteiger partial charge in [0.1, 0.15) is 6.61 Å². The van der Waals surface area contributed by atoms with Gasteiger partial charge in [0.05, 0.1) is 28.4 Å². The maximum Gasteiger partial charge on any atom is 0.272 e. The summed E-state index contributed by atoms with van der Waals surface area (Å²) in [4.78, 5) is 12.1. The van der Waals surface area contributed by atoms with Gasteiger partial charge in [0.15, 0.2) is 11.5 Å². The number of benzene rings is 2. The van der Waals surface area contributed by atoms with Crippen molar-refractivity contribution in [1.29, 1.82) is 0 Å². The lowest BCUT2D eigenvalue weighted by Gasteiger charge is -2.12. The summed E-state index contributed by atoms with van der Waals surface area (Å²) in [5.74, 6) is 0.635. The van der Waals surface area contributed by atoms with E-state index in [1.165, 1.54) is 25.5 Å². The third kappa shape index (κ3) is 5.24. The smallest absolute Gasteiger partial charge is 0.272 e. The van der Waals surface area contributed by atoms with Crippen LogP contribution in [0.25, 0.3) is 0 Å². The van der Waals surface area contributed by atoms with Crippen LogP contribution in [0.3, 0.4) is 0 Å². The maximum atomic E-state index is 12.1. The molecule has 26 heavy (non-hydrogen) atoms. The first kappa shape index (κ1) is 20.3. The summed E-state index contributed by atoms with van der Waals surface area (Å²) < 4.78 is 11.6. The molecule has 0 fully saturated rings. The summed E-state index contributed by atoms with van der Waals surface area (Å²) in [5, 5.41) is 4.64. The highest BCUT2D eigenvalue weighted by molar-refractivity contribution is 9.10. The fourth-order valence-electron chi connectivity index (χ4n) is 2.00. The van der Waals surface area contributed by atoms with E-state index in [2.05, 4.69) is 33.0 Å². The molecule has 0 spiro atoms. The van der Waals surface area contributed by atoms with E-state index in [0.717, 1.165) is 0 Å². The molecule has 5 nitrogen and oxygen atoms in total. The van der Waals surface area contributed by atoms with Gasteiger partial charge in [-0.2, -0.15) is 5.10 Å². The van der Waals surface area contributed by atoms with E-state index < -0.39 is 5.91 Å². The number of rotatable bonds is 7. The predicted molar refractivity (Wildman–Crippen MR) is 108 cm³/mol. The summed E-state index contributed by atoms with van der Waals surface area (Å²) >= 11 is 15.2. The molecule has 1 N–H and O–H groups in total. The lowest BCUT2D eigenvalue weighted by Crippen LogP contribution is -2.18. The van der Waals surface area contributed by atoms with Crippen LogP contribution in [0.2, 0.25) is 10.0 Å². The molecule has 0 bridgehead atoms. The zero-order valence-corrected chi connectivity index (χ0v) is 16.9. The van der Waals surface area contributed by atoms with Crippen LogP contribution in [-0.4, -0.2) is 25.8 Å². The normalized spacial score (nSPS) is 10.6. The molecule has 2 aromatic rings. The van der Waals surface area contributed by atoms with Crippen LogP contribution in [0, 0.1) is 0 Å². The molecule has 0 aliphatic rings. The standard InChI is InChI=1S/C18H15BrCl2N2O3/c1-3-6-26-17-14(19)7-11(8-16(17)25-2)10-22-23-18(24)13-5-4-12(20)9-15(13)21/h3-5,7-10H,1,6H2,2H3,(H,23,24)/b22-10-. The molecule has 0 aromatic heterocycles. The number of hydrazone groups is 1. The Labute approximate surface area is 169 Å². The Morgan fingerprint density at radius 1 is 1.35 bits per heavy atom. The molecular formula is C18H15BrCl2N2O3. The number of hydrogen-bond acceptors (Lipinski definition) is 4. The average Bonchev–Trinajstić information content (AvgIpc) is 2.60. The highest BCUT2D eigenvalue weighted by Crippen LogP contribution is 2.36. The van der Waals surface area contributed by atoms with Gasteiger partial charge < -0.3 is 9.47 Å². The van der Waals surface area contributed by atoms with Gasteiger partial charge in [-0.05, 0) is 51.8 Å². The predicted octanol–water partition coefficient (Wildman–Crippen LogP) is 5.09. The molecule has 0 atom stereocenters. The lowest BCUT2D eigenvalue weighted by atomic mass is 10.2. The molecule has 136 valence electrons. The monoisotopic (exact) mass is 456 g/mol. The SMILES string of the molecule is C=CCOc1c(Br)cc(/C=N\NC(=O)c2ccc(Cl)cc2Cl)cc1OC. The number of carbonyl (C=O) groups excluding carboxylic acids is 1. The molecule has 2 aromatic carbocycles. The third-order valence-electron chi connectivity index (χ3n) is 3.15. The van der Waals surface area contributed by atoms with Crippen molar-refractivity contribution in [2.45, 2.75) is 0 Å². The van der Waals surface area contributed by atoms with E-state index in [-0.39, 0.29) is 10.6 Å². The Morgan fingerprint density at radius 2 is 2.12 bits per heavy atom. The van der Waals surface area contributed by atoms with E-state index in [1.807, 2.05) is 0 Å². The first-order chi connectivity index (χ1) is 12.5. The number of carbonyl (C=O) groups is 1. The van der Waals surface area contributed by atoms with Gasteiger partial charge in [-0.3, -0.25) is 4.79 Å². The summed E-state index contributed by atoms with van der Waals surface area (Å²) in [6.07, 6.45) is 3.12. The number of amides is 1. The minimum atomic E-state index is -0.445. The largest absolute Gasteiger partial charge is 0.493 e. The minimum absolute atomic E-state index is 0.248. The van der Waals surface area contributed by atoms with Crippen molar-refractivity contribution in [1.82, 2.24) is 5.43 Å². The van der Waals surface area contributed by atoms with Crippen LogP contribution in [0.1, 0.15) is 15.9 Å². The second kappa shape index (κ2) is 9.62. The van der Waals surface area contributed by atoms with Gasteiger partial charge in [0.25, 0.3) is 5.91 Å². The molecule has 0 unspecified atom stereocenters. The van der Waals surface area contributed by atoms with E-state index >= 15 is 0 Å². The van der Waals surface area contributed by atoms with Crippen LogP contribution in [0.15, 0.2) is 52.6 Å². The average molecular weight is 458 g/mol. The van der Waals surface area contributed by atoms with Crippen molar-refractivity contribution >= 4 is 51.3 Å². The first-order valence-electron chi connectivity index (χ1n) is 7.36. The number of ether oxygens (including phenoxy) is 2. The molecule has 8 heteroatoms. The lowest BCUT2D eigenvalue weighted by molar-refractivity contribution is 0.0955. The number of methoxy groups -OCH3 is 1. The van der Waals surface area contributed by atoms with Crippen molar-refractivity contribution in [3.63, 3.8) is 0 Å². The summed E-state index contributed by atoms with van der Waals surface area (Å²) in [7, 11) is 1.54. The van der Waals surface area contributed by atoms with Crippen LogP contribution >= 0.6 is 39.1 Å². The molecule has 0 saturated heterocycles. The van der Waals surface area contributed by atoms with Crippen LogP contribution < -0.4 is 14.9 Å². The van der Waals surface area contributed by atoms with Crippen LogP contribution in [0.5, 0.6) is 11.5 Å². The Hall–Kier alpha value is -2.02. The number of nitrogens with one attached hydrogen (secondary N) is 1. The number of nitrogens with zero attached hydrogens (tertiary/aromatic N) is 1. The molecule has 0 radical (unpaired) electrons. The Kier molecular flexibility index (Phi) is 7.50. The minimum Gasteiger partial charge on any atom is -0.493 e. The topological polar surface area (TPSA) is 59.9 Å². The van der Waals surface area contributed by atoms with E-state index in [0.29, 0.717) is 33.2 Å². The second-order valence-corrected chi connectivity index (χ2v) is 6.66. The van der Waals surface area contributed by atoms with Gasteiger partial charge in [-0.25, -0.2) is 5.43 Å². The molecular weight excluding hydrogens is 443 g/mol. The van der Waals surface area contributed by atoms with Gasteiger partial charge in [0.2, 0.25) is 0 Å². The van der Waals surface area contributed by atoms with E-state index in [9.17, 15) is 4.79 Å². The highest BCUT2D eigenvalue weighted by Gasteiger charge is 2.12. The molecule has 2 rings (SSSR count). The van der Waals surface area contributed by atoms with Crippen LogP contribution in [0.4, 0.5) is 0 Å². The highest BCUT2D eigenvalue weighted by atomic mass is 79.9. The van der Waals surface area contributed by atoms with Crippen molar-refractivity contribution in [2.24, 2.45) is 5.10 Å². The molecule has 0 heterocycles. The first-order valence-corrected chi connectivity index (χ1v) is 8.90. The second-order valence-electron chi connectivity index (χ2n) is 4.96. The number of halogens is 3. The maximum absolute atomic E-state index is 12.1. The number of hydrogen-bond donors (Lipinski definition) is 1. The fourth-order valence-corrected chi connectivity index (χ4v) is 3.06. The summed E-state index contributed by atoms with van der Waals surface area (Å²) in [5.41, 5.74) is 3.39. The van der Waals surface area contributed by atoms with E-state index in [1.54, 1.807) is 24.3 Å². The van der Waals surface area contributed by atoms with Crippen molar-refractivity contribution in [3.05, 3.63) is 68.6 Å².